The number of urea groups is 2. The Morgan fingerprint density at radius 2 is 0.952 bits per heavy atom. The number of benzene rings is 3. The standard InChI is InChI=1S/C32H28N6O4/c39-29-27(13-21-15-33-25-7-3-1-5-23(21)25)35-31(41)37(29)17-19-9-11-20(12-10-19)18-38-30(40)28(36-32(38)42)14-22-16-34-26-8-4-2-6-24(22)26/h1-12,15-16,27-28,33-34H,13-14,17-18H2,(H,35,41)(H,36,42)/t27-,28-/m0/s1. The summed E-state index contributed by atoms with van der Waals surface area (Å²) in [6.45, 7) is 0.260. The first-order chi connectivity index (χ1) is 20.4. The number of para-hydroxylation sites is 2. The SMILES string of the molecule is O=C1N[C@@H](Cc2c[nH]c3ccccc23)C(=O)N1Cc1ccc(CN2C(=O)N[C@@H](Cc3c[nH]c4ccccc34)C2=O)cc1. The molecule has 0 radical (unpaired) electrons. The van der Waals surface area contributed by atoms with Crippen LogP contribution in [-0.2, 0) is 35.5 Å². The van der Waals surface area contributed by atoms with Crippen LogP contribution >= 0.6 is 0 Å². The second-order valence-corrected chi connectivity index (χ2v) is 10.8. The highest BCUT2D eigenvalue weighted by Gasteiger charge is 2.39. The maximum Gasteiger partial charge on any atom is 0.325 e. The van der Waals surface area contributed by atoms with Crippen molar-refractivity contribution in [1.29, 1.82) is 0 Å². The Morgan fingerprint density at radius 3 is 1.38 bits per heavy atom. The van der Waals surface area contributed by atoms with Crippen molar-refractivity contribution in [2.75, 3.05) is 0 Å². The monoisotopic (exact) mass is 560 g/mol. The van der Waals surface area contributed by atoms with Gasteiger partial charge < -0.3 is 20.6 Å². The molecule has 0 bridgehead atoms. The average molecular weight is 561 g/mol. The van der Waals surface area contributed by atoms with Crippen molar-refractivity contribution in [3.63, 3.8) is 0 Å². The van der Waals surface area contributed by atoms with Crippen molar-refractivity contribution >= 4 is 45.7 Å². The molecular formula is C32H28N6O4. The van der Waals surface area contributed by atoms with E-state index >= 15 is 0 Å². The van der Waals surface area contributed by atoms with E-state index in [-0.39, 0.29) is 24.9 Å². The lowest BCUT2D eigenvalue weighted by Gasteiger charge is -2.15. The summed E-state index contributed by atoms with van der Waals surface area (Å²) >= 11 is 0. The van der Waals surface area contributed by atoms with Crippen LogP contribution in [0.1, 0.15) is 22.3 Å². The van der Waals surface area contributed by atoms with E-state index in [9.17, 15) is 19.2 Å². The zero-order valence-electron chi connectivity index (χ0n) is 22.6. The number of fused-ring (bicyclic) bond motifs is 2. The number of hydrogen-bond donors (Lipinski definition) is 4. The number of nitrogens with zero attached hydrogens (tertiary/aromatic N) is 2. The van der Waals surface area contributed by atoms with Gasteiger partial charge >= 0.3 is 12.1 Å². The lowest BCUT2D eigenvalue weighted by Crippen LogP contribution is -2.32. The predicted octanol–water partition coefficient (Wildman–Crippen LogP) is 3.98. The lowest BCUT2D eigenvalue weighted by molar-refractivity contribution is -0.128. The maximum absolute atomic E-state index is 13.1. The smallest absolute Gasteiger partial charge is 0.325 e. The number of aromatic nitrogens is 2. The Morgan fingerprint density at radius 1 is 0.548 bits per heavy atom. The molecule has 0 unspecified atom stereocenters. The molecule has 2 saturated heterocycles. The van der Waals surface area contributed by atoms with Crippen molar-refractivity contribution in [1.82, 2.24) is 30.4 Å². The summed E-state index contributed by atoms with van der Waals surface area (Å²) in [6.07, 6.45) is 4.55. The Labute approximate surface area is 240 Å². The second-order valence-electron chi connectivity index (χ2n) is 10.8. The molecule has 0 saturated carbocycles. The van der Waals surface area contributed by atoms with Gasteiger partial charge in [0.15, 0.2) is 0 Å². The minimum atomic E-state index is -0.632. The Hall–Kier alpha value is -5.38. The number of hydrogen-bond acceptors (Lipinski definition) is 4. The van der Waals surface area contributed by atoms with Crippen LogP contribution in [0.5, 0.6) is 0 Å². The number of aromatic amines is 2. The highest BCUT2D eigenvalue weighted by molar-refractivity contribution is 6.05. The Balaban J connectivity index is 0.977. The molecule has 6 amide bonds. The van der Waals surface area contributed by atoms with Gasteiger partial charge in [-0.1, -0.05) is 60.7 Å². The van der Waals surface area contributed by atoms with E-state index in [0.29, 0.717) is 12.8 Å². The number of imide groups is 2. The van der Waals surface area contributed by atoms with Crippen molar-refractivity contribution in [2.45, 2.75) is 38.0 Å². The highest BCUT2D eigenvalue weighted by atomic mass is 16.2. The molecule has 0 aliphatic carbocycles. The van der Waals surface area contributed by atoms with Crippen LogP contribution in [0.4, 0.5) is 9.59 Å². The lowest BCUT2D eigenvalue weighted by atomic mass is 10.0. The average Bonchev–Trinajstić information content (AvgIpc) is 3.74. The van der Waals surface area contributed by atoms with E-state index in [1.54, 1.807) is 0 Å². The van der Waals surface area contributed by atoms with Crippen LogP contribution < -0.4 is 10.6 Å². The first kappa shape index (κ1) is 25.6. The Kier molecular flexibility index (Phi) is 6.23. The largest absolute Gasteiger partial charge is 0.361 e. The van der Waals surface area contributed by atoms with Gasteiger partial charge in [-0.3, -0.25) is 19.4 Å². The molecule has 10 heteroatoms. The van der Waals surface area contributed by atoms with Crippen LogP contribution in [0.3, 0.4) is 0 Å². The van der Waals surface area contributed by atoms with Gasteiger partial charge in [0, 0.05) is 47.0 Å². The van der Waals surface area contributed by atoms with Gasteiger partial charge in [0.1, 0.15) is 12.1 Å². The highest BCUT2D eigenvalue weighted by Crippen LogP contribution is 2.24. The van der Waals surface area contributed by atoms with E-state index in [2.05, 4.69) is 20.6 Å². The third-order valence-electron chi connectivity index (χ3n) is 8.12. The van der Waals surface area contributed by atoms with Gasteiger partial charge in [0.05, 0.1) is 13.1 Å². The van der Waals surface area contributed by atoms with Crippen LogP contribution in [0.2, 0.25) is 0 Å². The molecular weight excluding hydrogens is 532 g/mol. The zero-order chi connectivity index (χ0) is 28.8. The normalized spacial score (nSPS) is 18.9. The summed E-state index contributed by atoms with van der Waals surface area (Å²) < 4.78 is 0. The van der Waals surface area contributed by atoms with E-state index in [1.165, 1.54) is 9.80 Å². The fourth-order valence-corrected chi connectivity index (χ4v) is 5.89. The van der Waals surface area contributed by atoms with Gasteiger partial charge in [-0.25, -0.2) is 9.59 Å². The molecule has 2 fully saturated rings. The number of carbonyl (C=O) groups is 4. The van der Waals surface area contributed by atoms with E-state index < -0.39 is 24.1 Å². The first-order valence-corrected chi connectivity index (χ1v) is 13.9. The summed E-state index contributed by atoms with van der Waals surface area (Å²) in [5.41, 5.74) is 5.45. The number of rotatable bonds is 8. The quantitative estimate of drug-likeness (QED) is 0.214. The third-order valence-corrected chi connectivity index (χ3v) is 8.12. The third kappa shape index (κ3) is 4.56. The maximum atomic E-state index is 13.1. The molecule has 210 valence electrons. The van der Waals surface area contributed by atoms with E-state index in [1.807, 2.05) is 85.2 Å². The minimum absolute atomic E-state index is 0.130. The molecule has 2 aliphatic heterocycles. The van der Waals surface area contributed by atoms with Crippen molar-refractivity contribution < 1.29 is 19.2 Å². The molecule has 7 rings (SSSR count). The summed E-state index contributed by atoms with van der Waals surface area (Å²) in [5, 5.41) is 7.68. The number of amides is 6. The van der Waals surface area contributed by atoms with Crippen molar-refractivity contribution in [3.05, 3.63) is 107 Å². The van der Waals surface area contributed by atoms with Gasteiger partial charge in [-0.05, 0) is 34.4 Å². The second kappa shape index (κ2) is 10.2. The summed E-state index contributed by atoms with van der Waals surface area (Å²) in [6, 6.07) is 20.8. The molecule has 42 heavy (non-hydrogen) atoms. The zero-order valence-corrected chi connectivity index (χ0v) is 22.6. The fraction of sp³-hybridized carbons (Fsp3) is 0.188. The van der Waals surface area contributed by atoms with Crippen LogP contribution in [0.25, 0.3) is 21.8 Å². The number of carbonyl (C=O) groups excluding carboxylic acids is 4. The fourth-order valence-electron chi connectivity index (χ4n) is 5.89. The van der Waals surface area contributed by atoms with E-state index in [0.717, 1.165) is 44.1 Å². The van der Waals surface area contributed by atoms with Crippen LogP contribution in [0.15, 0.2) is 85.2 Å². The minimum Gasteiger partial charge on any atom is -0.361 e. The topological polar surface area (TPSA) is 130 Å². The van der Waals surface area contributed by atoms with Crippen molar-refractivity contribution in [2.24, 2.45) is 0 Å². The molecule has 4 N–H and O–H groups in total. The van der Waals surface area contributed by atoms with Gasteiger partial charge in [-0.2, -0.15) is 0 Å². The predicted molar refractivity (Wildman–Crippen MR) is 156 cm³/mol. The summed E-state index contributed by atoms with van der Waals surface area (Å²) in [4.78, 5) is 60.4. The molecule has 2 aliphatic rings. The molecule has 0 spiro atoms. The Bertz CT molecular complexity index is 1720. The molecule has 10 nitrogen and oxygen atoms in total. The number of nitrogens with one attached hydrogen (secondary N) is 4. The van der Waals surface area contributed by atoms with Gasteiger partial charge in [0.2, 0.25) is 0 Å². The first-order valence-electron chi connectivity index (χ1n) is 13.9. The van der Waals surface area contributed by atoms with Crippen LogP contribution in [0, 0.1) is 0 Å². The van der Waals surface area contributed by atoms with E-state index in [4.69, 9.17) is 0 Å². The molecule has 2 aromatic heterocycles. The van der Waals surface area contributed by atoms with Gasteiger partial charge in [0.25, 0.3) is 11.8 Å². The van der Waals surface area contributed by atoms with Gasteiger partial charge in [-0.15, -0.1) is 0 Å². The van der Waals surface area contributed by atoms with Crippen LogP contribution in [-0.4, -0.2) is 55.7 Å². The molecule has 2 atom stereocenters. The summed E-state index contributed by atoms with van der Waals surface area (Å²) in [7, 11) is 0. The molecule has 5 aromatic rings. The summed E-state index contributed by atoms with van der Waals surface area (Å²) in [5.74, 6) is -0.537. The van der Waals surface area contributed by atoms with Crippen molar-refractivity contribution in [3.8, 4) is 0 Å². The molecule has 3 aromatic carbocycles. The number of H-pyrrole nitrogens is 2. The molecule has 4 heterocycles.